The fourth-order valence-electron chi connectivity index (χ4n) is 0.453. The monoisotopic (exact) mass is 205 g/mol. The lowest BCUT2D eigenvalue weighted by molar-refractivity contribution is 0.421. The highest BCUT2D eigenvalue weighted by atomic mass is 35.5. The topological polar surface area (TPSA) is 24.7 Å². The maximum absolute atomic E-state index is 6.16. The fourth-order valence-corrected chi connectivity index (χ4v) is 0.496. The molecule has 0 aromatic carbocycles. The molecule has 0 aliphatic carbocycles. The Hall–Kier alpha value is -0.110. The second-order valence-electron chi connectivity index (χ2n) is 4.38. The summed E-state index contributed by atoms with van der Waals surface area (Å²) in [7, 11) is 0. The summed E-state index contributed by atoms with van der Waals surface area (Å²) in [5.74, 6) is 0.820. The van der Waals surface area contributed by atoms with Crippen LogP contribution in [-0.4, -0.2) is 11.0 Å². The lowest BCUT2D eigenvalue weighted by atomic mass is 10.1. The quantitative estimate of drug-likeness (QED) is 0.373. The van der Waals surface area contributed by atoms with E-state index < -0.39 is 5.00 Å². The van der Waals surface area contributed by atoms with Crippen LogP contribution in [0.3, 0.4) is 0 Å². The van der Waals surface area contributed by atoms with Crippen molar-refractivity contribution in [1.29, 1.82) is 0 Å². The molecule has 13 heavy (non-hydrogen) atoms. The molecule has 0 N–H and O–H groups in total. The average Bonchev–Trinajstić information content (AvgIpc) is 1.99. The van der Waals surface area contributed by atoms with Gasteiger partial charge in [-0.25, -0.2) is 0 Å². The molecule has 0 bridgehead atoms. The number of halogens is 1. The van der Waals surface area contributed by atoms with Crippen molar-refractivity contribution in [1.82, 2.24) is 0 Å². The molecular formula is C10H22ClN2+. The highest BCUT2D eigenvalue weighted by Crippen LogP contribution is 2.27. The van der Waals surface area contributed by atoms with Crippen molar-refractivity contribution in [3.8, 4) is 0 Å². The zero-order valence-corrected chi connectivity index (χ0v) is 10.3. The molecule has 0 saturated carbocycles. The zero-order chi connectivity index (χ0) is 10.6. The van der Waals surface area contributed by atoms with Crippen LogP contribution >= 0.6 is 11.6 Å². The van der Waals surface area contributed by atoms with Crippen LogP contribution in [0.4, 0.5) is 0 Å². The van der Waals surface area contributed by atoms with E-state index in [1.807, 2.05) is 20.8 Å². The van der Waals surface area contributed by atoms with Crippen molar-refractivity contribution in [2.24, 2.45) is 22.1 Å². The normalized spacial score (nSPS) is 19.8. The fraction of sp³-hybridized carbons (Fsp3) is 1.00. The Balaban J connectivity index is 0. The molecule has 2 unspecified atom stereocenters. The van der Waals surface area contributed by atoms with Gasteiger partial charge in [0.2, 0.25) is 0 Å². The van der Waals surface area contributed by atoms with E-state index in [0.717, 1.165) is 0 Å². The Labute approximate surface area is 88.3 Å². The van der Waals surface area contributed by atoms with Gasteiger partial charge in [-0.1, -0.05) is 39.3 Å². The van der Waals surface area contributed by atoms with E-state index in [-0.39, 0.29) is 7.47 Å². The Morgan fingerprint density at radius 1 is 1.15 bits per heavy atom. The number of hydrogen-bond acceptors (Lipinski definition) is 2. The molecule has 2 atom stereocenters. The summed E-state index contributed by atoms with van der Waals surface area (Å²) in [5.41, 5.74) is 0. The van der Waals surface area contributed by atoms with Gasteiger partial charge < -0.3 is 0 Å². The minimum Gasteiger partial charge on any atom is -0.189 e. The SMILES string of the molecule is CC(C)C(C)N=NC(C)(Cl)C(C)C.[H+]. The molecule has 0 spiro atoms. The molecule has 0 fully saturated rings. The molecule has 0 aromatic rings. The van der Waals surface area contributed by atoms with Gasteiger partial charge in [-0.3, -0.25) is 0 Å². The van der Waals surface area contributed by atoms with Crippen LogP contribution in [0.2, 0.25) is 0 Å². The van der Waals surface area contributed by atoms with Gasteiger partial charge in [-0.15, -0.1) is 0 Å². The third kappa shape index (κ3) is 4.61. The molecule has 0 saturated heterocycles. The molecule has 0 aliphatic heterocycles. The number of rotatable bonds is 4. The maximum atomic E-state index is 6.16. The van der Waals surface area contributed by atoms with Gasteiger partial charge in [0.05, 0.1) is 6.04 Å². The second kappa shape index (κ2) is 4.94. The number of alkyl halides is 1. The predicted octanol–water partition coefficient (Wildman–Crippen LogP) is 4.21. The van der Waals surface area contributed by atoms with E-state index in [4.69, 9.17) is 11.6 Å². The molecule has 2 nitrogen and oxygen atoms in total. The molecule has 0 amide bonds. The summed E-state index contributed by atoms with van der Waals surface area (Å²) >= 11 is 6.16. The van der Waals surface area contributed by atoms with Gasteiger partial charge in [-0.2, -0.15) is 10.2 Å². The summed E-state index contributed by atoms with van der Waals surface area (Å²) < 4.78 is 0. The van der Waals surface area contributed by atoms with Crippen molar-refractivity contribution in [2.45, 2.75) is 52.6 Å². The maximum Gasteiger partial charge on any atom is 1.00 e. The first-order chi connectivity index (χ1) is 5.77. The predicted molar refractivity (Wildman–Crippen MR) is 59.4 cm³/mol. The van der Waals surface area contributed by atoms with E-state index in [0.29, 0.717) is 11.8 Å². The zero-order valence-electron chi connectivity index (χ0n) is 10.5. The van der Waals surface area contributed by atoms with Crippen LogP contribution in [0.1, 0.15) is 43.0 Å². The van der Waals surface area contributed by atoms with Crippen molar-refractivity contribution < 1.29 is 1.43 Å². The first kappa shape index (κ1) is 12.9. The smallest absolute Gasteiger partial charge is 0.189 e. The summed E-state index contributed by atoms with van der Waals surface area (Å²) in [5, 5.41) is 8.38. The van der Waals surface area contributed by atoms with Crippen molar-refractivity contribution >= 4 is 11.6 Å². The standard InChI is InChI=1S/C10H21ClN2/c1-7(2)9(5)12-13-10(6,11)8(3)4/h7-9H,1-6H3/p+1. The molecule has 0 aliphatic rings. The minimum atomic E-state index is -0.552. The van der Waals surface area contributed by atoms with Crippen molar-refractivity contribution in [3.63, 3.8) is 0 Å². The summed E-state index contributed by atoms with van der Waals surface area (Å²) in [4.78, 5) is -0.552. The largest absolute Gasteiger partial charge is 1.00 e. The molecule has 3 heteroatoms. The van der Waals surface area contributed by atoms with Crippen molar-refractivity contribution in [3.05, 3.63) is 0 Å². The molecule has 78 valence electrons. The lowest BCUT2D eigenvalue weighted by Gasteiger charge is -2.21. The number of azo groups is 1. The van der Waals surface area contributed by atoms with Gasteiger partial charge in [-0.05, 0) is 25.7 Å². The molecule has 0 heterocycles. The van der Waals surface area contributed by atoms with Crippen LogP contribution in [0.5, 0.6) is 0 Å². The minimum absolute atomic E-state index is 0. The Bertz CT molecular complexity index is 179. The summed E-state index contributed by atoms with van der Waals surface area (Å²) in [6.07, 6.45) is 0. The summed E-state index contributed by atoms with van der Waals surface area (Å²) in [6.45, 7) is 12.3. The highest BCUT2D eigenvalue weighted by molar-refractivity contribution is 6.23. The number of hydrogen-bond donors (Lipinski definition) is 0. The van der Waals surface area contributed by atoms with E-state index in [2.05, 4.69) is 31.0 Å². The van der Waals surface area contributed by atoms with Gasteiger partial charge in [0.1, 0.15) is 0 Å². The Kier molecular flexibility index (Phi) is 4.90. The van der Waals surface area contributed by atoms with E-state index in [1.165, 1.54) is 0 Å². The van der Waals surface area contributed by atoms with E-state index >= 15 is 0 Å². The average molecular weight is 206 g/mol. The highest BCUT2D eigenvalue weighted by Gasteiger charge is 2.24. The van der Waals surface area contributed by atoms with Crippen LogP contribution in [0, 0.1) is 11.8 Å². The molecule has 0 radical (unpaired) electrons. The van der Waals surface area contributed by atoms with Crippen LogP contribution < -0.4 is 0 Å². The Morgan fingerprint density at radius 2 is 1.62 bits per heavy atom. The third-order valence-electron chi connectivity index (χ3n) is 2.45. The van der Waals surface area contributed by atoms with Crippen LogP contribution in [0.25, 0.3) is 0 Å². The van der Waals surface area contributed by atoms with E-state index in [1.54, 1.807) is 0 Å². The lowest BCUT2D eigenvalue weighted by Crippen LogP contribution is -2.21. The first-order valence-electron chi connectivity index (χ1n) is 4.88. The first-order valence-corrected chi connectivity index (χ1v) is 5.26. The Morgan fingerprint density at radius 3 is 1.92 bits per heavy atom. The molecular weight excluding hydrogens is 184 g/mol. The van der Waals surface area contributed by atoms with Gasteiger partial charge in [0.15, 0.2) is 5.00 Å². The third-order valence-corrected chi connectivity index (χ3v) is 2.97. The number of nitrogens with zero attached hydrogens (tertiary/aromatic N) is 2. The van der Waals surface area contributed by atoms with Crippen LogP contribution in [0.15, 0.2) is 10.2 Å². The molecule has 0 aromatic heterocycles. The van der Waals surface area contributed by atoms with Crippen molar-refractivity contribution in [2.75, 3.05) is 0 Å². The van der Waals surface area contributed by atoms with Gasteiger partial charge in [0, 0.05) is 0 Å². The van der Waals surface area contributed by atoms with Gasteiger partial charge in [0.25, 0.3) is 0 Å². The second-order valence-corrected chi connectivity index (χ2v) is 5.14. The van der Waals surface area contributed by atoms with E-state index in [9.17, 15) is 0 Å². The summed E-state index contributed by atoms with van der Waals surface area (Å²) in [6, 6.07) is 0.247. The molecule has 0 rings (SSSR count). The van der Waals surface area contributed by atoms with Gasteiger partial charge >= 0.3 is 1.43 Å². The van der Waals surface area contributed by atoms with Crippen LogP contribution in [-0.2, 0) is 0 Å².